The standard InChI is InChI=1S/C13H16N2O2/c1-2-13(17)14-10-3-5-11(6-4-10)15-8-7-12(16)9-15/h2-6,12,16H,1,7-9H2,(H,14,17)/t12-/m1/s1. The first-order valence-electron chi connectivity index (χ1n) is 5.65. The van der Waals surface area contributed by atoms with E-state index in [-0.39, 0.29) is 12.0 Å². The molecule has 4 nitrogen and oxygen atoms in total. The fraction of sp³-hybridized carbons (Fsp3) is 0.308. The van der Waals surface area contributed by atoms with Crippen molar-refractivity contribution in [1.82, 2.24) is 0 Å². The van der Waals surface area contributed by atoms with E-state index in [4.69, 9.17) is 0 Å². The number of aliphatic hydroxyl groups is 1. The second-order valence-electron chi connectivity index (χ2n) is 4.13. The number of nitrogens with one attached hydrogen (secondary N) is 1. The Labute approximate surface area is 101 Å². The maximum Gasteiger partial charge on any atom is 0.247 e. The molecule has 1 saturated heterocycles. The van der Waals surface area contributed by atoms with E-state index in [1.807, 2.05) is 24.3 Å². The molecule has 0 unspecified atom stereocenters. The Morgan fingerprint density at radius 1 is 1.47 bits per heavy atom. The molecule has 1 aromatic carbocycles. The van der Waals surface area contributed by atoms with Crippen molar-refractivity contribution in [2.45, 2.75) is 12.5 Å². The summed E-state index contributed by atoms with van der Waals surface area (Å²) >= 11 is 0. The first-order chi connectivity index (χ1) is 8.19. The highest BCUT2D eigenvalue weighted by molar-refractivity contribution is 5.98. The Bertz CT molecular complexity index is 414. The molecule has 0 aliphatic carbocycles. The number of β-amino-alcohol motifs (C(OH)–C–C–N with tert-alkyl or cyclic N) is 1. The lowest BCUT2D eigenvalue weighted by atomic mass is 10.2. The summed E-state index contributed by atoms with van der Waals surface area (Å²) in [4.78, 5) is 13.2. The SMILES string of the molecule is C=CC(=O)Nc1ccc(N2CC[C@@H](O)C2)cc1. The van der Waals surface area contributed by atoms with E-state index in [1.54, 1.807) is 0 Å². The van der Waals surface area contributed by atoms with Crippen LogP contribution in [0.2, 0.25) is 0 Å². The number of hydrogen-bond acceptors (Lipinski definition) is 3. The molecule has 17 heavy (non-hydrogen) atoms. The molecule has 1 heterocycles. The van der Waals surface area contributed by atoms with E-state index < -0.39 is 0 Å². The first-order valence-corrected chi connectivity index (χ1v) is 5.65. The Morgan fingerprint density at radius 2 is 2.18 bits per heavy atom. The summed E-state index contributed by atoms with van der Waals surface area (Å²) in [6.45, 7) is 4.95. The Morgan fingerprint density at radius 3 is 2.71 bits per heavy atom. The molecule has 0 radical (unpaired) electrons. The summed E-state index contributed by atoms with van der Waals surface area (Å²) in [5.41, 5.74) is 1.82. The Hall–Kier alpha value is -1.81. The van der Waals surface area contributed by atoms with E-state index in [1.165, 1.54) is 6.08 Å². The van der Waals surface area contributed by atoms with E-state index in [0.717, 1.165) is 24.3 Å². The third-order valence-corrected chi connectivity index (χ3v) is 2.85. The van der Waals surface area contributed by atoms with Gasteiger partial charge in [-0.3, -0.25) is 4.79 Å². The molecule has 0 aromatic heterocycles. The molecule has 0 spiro atoms. The predicted molar refractivity (Wildman–Crippen MR) is 68.1 cm³/mol. The van der Waals surface area contributed by atoms with Crippen LogP contribution in [0, 0.1) is 0 Å². The van der Waals surface area contributed by atoms with Gasteiger partial charge in [0.05, 0.1) is 6.10 Å². The predicted octanol–water partition coefficient (Wildman–Crippen LogP) is 1.38. The minimum absolute atomic E-state index is 0.214. The van der Waals surface area contributed by atoms with Crippen LogP contribution in [-0.2, 0) is 4.79 Å². The highest BCUT2D eigenvalue weighted by atomic mass is 16.3. The van der Waals surface area contributed by atoms with Crippen LogP contribution in [0.1, 0.15) is 6.42 Å². The molecule has 1 atom stereocenters. The van der Waals surface area contributed by atoms with Crippen molar-refractivity contribution >= 4 is 17.3 Å². The van der Waals surface area contributed by atoms with Crippen molar-refractivity contribution in [2.75, 3.05) is 23.3 Å². The Kier molecular flexibility index (Phi) is 3.44. The number of carbonyl (C=O) groups excluding carboxylic acids is 1. The van der Waals surface area contributed by atoms with Crippen LogP contribution >= 0.6 is 0 Å². The minimum Gasteiger partial charge on any atom is -0.391 e. The van der Waals surface area contributed by atoms with Gasteiger partial charge >= 0.3 is 0 Å². The average molecular weight is 232 g/mol. The maximum atomic E-state index is 11.1. The molecule has 90 valence electrons. The monoisotopic (exact) mass is 232 g/mol. The van der Waals surface area contributed by atoms with Gasteiger partial charge in [-0.05, 0) is 36.8 Å². The summed E-state index contributed by atoms with van der Waals surface area (Å²) in [5, 5.41) is 12.1. The zero-order chi connectivity index (χ0) is 12.3. The largest absolute Gasteiger partial charge is 0.391 e. The van der Waals surface area contributed by atoms with Crippen LogP contribution < -0.4 is 10.2 Å². The molecule has 0 bridgehead atoms. The minimum atomic E-state index is -0.227. The highest BCUT2D eigenvalue weighted by Gasteiger charge is 2.19. The van der Waals surface area contributed by atoms with Crippen molar-refractivity contribution in [3.05, 3.63) is 36.9 Å². The fourth-order valence-electron chi connectivity index (χ4n) is 1.93. The third kappa shape index (κ3) is 2.85. The number of benzene rings is 1. The molecule has 1 amide bonds. The number of carbonyl (C=O) groups is 1. The first kappa shape index (κ1) is 11.7. The van der Waals surface area contributed by atoms with Gasteiger partial charge in [0.15, 0.2) is 0 Å². The molecule has 2 N–H and O–H groups in total. The van der Waals surface area contributed by atoms with Crippen LogP contribution in [0.25, 0.3) is 0 Å². The molecule has 1 fully saturated rings. The van der Waals surface area contributed by atoms with Crippen molar-refractivity contribution < 1.29 is 9.90 Å². The summed E-state index contributed by atoms with van der Waals surface area (Å²) in [6, 6.07) is 7.58. The van der Waals surface area contributed by atoms with E-state index in [9.17, 15) is 9.90 Å². The number of nitrogens with zero attached hydrogens (tertiary/aromatic N) is 1. The van der Waals surface area contributed by atoms with Crippen LogP contribution in [0.5, 0.6) is 0 Å². The second kappa shape index (κ2) is 5.01. The number of hydrogen-bond donors (Lipinski definition) is 2. The molecule has 4 heteroatoms. The van der Waals surface area contributed by atoms with Gasteiger partial charge in [0.25, 0.3) is 0 Å². The second-order valence-corrected chi connectivity index (χ2v) is 4.13. The van der Waals surface area contributed by atoms with Crippen molar-refractivity contribution in [2.24, 2.45) is 0 Å². The lowest BCUT2D eigenvalue weighted by Crippen LogP contribution is -2.21. The van der Waals surface area contributed by atoms with Gasteiger partial charge in [-0.1, -0.05) is 6.58 Å². The zero-order valence-electron chi connectivity index (χ0n) is 9.60. The molecular weight excluding hydrogens is 216 g/mol. The summed E-state index contributed by atoms with van der Waals surface area (Å²) < 4.78 is 0. The van der Waals surface area contributed by atoms with Crippen LogP contribution in [-0.4, -0.2) is 30.2 Å². The third-order valence-electron chi connectivity index (χ3n) is 2.85. The molecular formula is C13H16N2O2. The molecule has 2 rings (SSSR count). The van der Waals surface area contributed by atoms with Crippen molar-refractivity contribution in [1.29, 1.82) is 0 Å². The average Bonchev–Trinajstić information content (AvgIpc) is 2.77. The highest BCUT2D eigenvalue weighted by Crippen LogP contribution is 2.22. The quantitative estimate of drug-likeness (QED) is 0.774. The van der Waals surface area contributed by atoms with E-state index in [2.05, 4.69) is 16.8 Å². The molecule has 0 saturated carbocycles. The maximum absolute atomic E-state index is 11.1. The normalized spacial score (nSPS) is 19.1. The van der Waals surface area contributed by atoms with E-state index >= 15 is 0 Å². The van der Waals surface area contributed by atoms with Gasteiger partial charge < -0.3 is 15.3 Å². The smallest absolute Gasteiger partial charge is 0.247 e. The zero-order valence-corrected chi connectivity index (χ0v) is 9.60. The van der Waals surface area contributed by atoms with Crippen LogP contribution in [0.3, 0.4) is 0 Å². The number of rotatable bonds is 3. The van der Waals surface area contributed by atoms with Gasteiger partial charge in [0.2, 0.25) is 5.91 Å². The topological polar surface area (TPSA) is 52.6 Å². The van der Waals surface area contributed by atoms with Crippen molar-refractivity contribution in [3.8, 4) is 0 Å². The van der Waals surface area contributed by atoms with Crippen molar-refractivity contribution in [3.63, 3.8) is 0 Å². The lowest BCUT2D eigenvalue weighted by molar-refractivity contribution is -0.111. The fourth-order valence-corrected chi connectivity index (χ4v) is 1.93. The molecule has 1 aliphatic rings. The lowest BCUT2D eigenvalue weighted by Gasteiger charge is -2.18. The summed E-state index contributed by atoms with van der Waals surface area (Å²) in [5.74, 6) is -0.214. The van der Waals surface area contributed by atoms with E-state index in [0.29, 0.717) is 6.54 Å². The summed E-state index contributed by atoms with van der Waals surface area (Å²) in [6.07, 6.45) is 1.83. The summed E-state index contributed by atoms with van der Waals surface area (Å²) in [7, 11) is 0. The van der Waals surface area contributed by atoms with Gasteiger partial charge in [0, 0.05) is 24.5 Å². The number of anilines is 2. The van der Waals surface area contributed by atoms with Gasteiger partial charge in [-0.15, -0.1) is 0 Å². The van der Waals surface area contributed by atoms with Crippen LogP contribution in [0.15, 0.2) is 36.9 Å². The molecule has 1 aliphatic heterocycles. The van der Waals surface area contributed by atoms with Crippen LogP contribution in [0.4, 0.5) is 11.4 Å². The van der Waals surface area contributed by atoms with Gasteiger partial charge in [-0.25, -0.2) is 0 Å². The number of amides is 1. The molecule has 1 aromatic rings. The van der Waals surface area contributed by atoms with Gasteiger partial charge in [0.1, 0.15) is 0 Å². The Balaban J connectivity index is 2.02. The van der Waals surface area contributed by atoms with Gasteiger partial charge in [-0.2, -0.15) is 0 Å². The number of aliphatic hydroxyl groups excluding tert-OH is 1.